The van der Waals surface area contributed by atoms with E-state index in [1.807, 2.05) is 0 Å². The summed E-state index contributed by atoms with van der Waals surface area (Å²) in [6.45, 7) is -0.00134. The second-order valence-electron chi connectivity index (χ2n) is 4.85. The molecule has 7 heteroatoms. The van der Waals surface area contributed by atoms with Crippen LogP contribution in [0.15, 0.2) is 12.1 Å². The summed E-state index contributed by atoms with van der Waals surface area (Å²) < 4.78 is 32.2. The molecule has 104 valence electrons. The number of hydrogen-bond donors (Lipinski definition) is 1. The van der Waals surface area contributed by atoms with Gasteiger partial charge in [0.25, 0.3) is 5.69 Å². The summed E-state index contributed by atoms with van der Waals surface area (Å²) in [6.07, 6.45) is 3.41. The van der Waals surface area contributed by atoms with Gasteiger partial charge < -0.3 is 10.5 Å². The van der Waals surface area contributed by atoms with Gasteiger partial charge in [0.15, 0.2) is 17.4 Å². The van der Waals surface area contributed by atoms with Crippen molar-refractivity contribution < 1.29 is 18.4 Å². The van der Waals surface area contributed by atoms with Crippen molar-refractivity contribution in [3.8, 4) is 5.75 Å². The lowest BCUT2D eigenvalue weighted by Crippen LogP contribution is -2.42. The third-order valence-electron chi connectivity index (χ3n) is 3.30. The van der Waals surface area contributed by atoms with E-state index in [1.165, 1.54) is 0 Å². The summed E-state index contributed by atoms with van der Waals surface area (Å²) in [5.41, 5.74) is 4.79. The van der Waals surface area contributed by atoms with E-state index in [2.05, 4.69) is 0 Å². The lowest BCUT2D eigenvalue weighted by Gasteiger charge is -2.23. The summed E-state index contributed by atoms with van der Waals surface area (Å²) in [5.74, 6) is -2.79. The number of halogens is 2. The highest BCUT2D eigenvalue weighted by atomic mass is 19.1. The Morgan fingerprint density at radius 3 is 2.32 bits per heavy atom. The molecule has 19 heavy (non-hydrogen) atoms. The predicted molar refractivity (Wildman–Crippen MR) is 63.9 cm³/mol. The topological polar surface area (TPSA) is 78.4 Å². The Hall–Kier alpha value is -1.76. The third-order valence-corrected chi connectivity index (χ3v) is 3.30. The SMILES string of the molecule is NC1(COc2c(F)cc([N+](=O)[O-])cc2F)CCCC1. The molecule has 1 aromatic rings. The van der Waals surface area contributed by atoms with E-state index in [4.69, 9.17) is 10.5 Å². The van der Waals surface area contributed by atoms with Gasteiger partial charge in [-0.05, 0) is 12.8 Å². The van der Waals surface area contributed by atoms with Crippen molar-refractivity contribution in [2.75, 3.05) is 6.61 Å². The van der Waals surface area contributed by atoms with Crippen molar-refractivity contribution in [1.82, 2.24) is 0 Å². The second kappa shape index (κ2) is 5.08. The van der Waals surface area contributed by atoms with Crippen LogP contribution in [0.25, 0.3) is 0 Å². The number of benzene rings is 1. The fraction of sp³-hybridized carbons (Fsp3) is 0.500. The van der Waals surface area contributed by atoms with Gasteiger partial charge in [0.05, 0.1) is 22.6 Å². The van der Waals surface area contributed by atoms with Crippen molar-refractivity contribution in [1.29, 1.82) is 0 Å². The van der Waals surface area contributed by atoms with Crippen LogP contribution in [0, 0.1) is 21.7 Å². The molecule has 0 unspecified atom stereocenters. The zero-order valence-electron chi connectivity index (χ0n) is 10.2. The first kappa shape index (κ1) is 13.7. The first-order valence-corrected chi connectivity index (χ1v) is 5.96. The maximum atomic E-state index is 13.6. The molecule has 0 bridgehead atoms. The molecule has 0 aromatic heterocycles. The van der Waals surface area contributed by atoms with Crippen molar-refractivity contribution in [2.45, 2.75) is 31.2 Å². The maximum Gasteiger partial charge on any atom is 0.275 e. The molecule has 0 amide bonds. The molecule has 1 saturated carbocycles. The smallest absolute Gasteiger partial charge is 0.275 e. The van der Waals surface area contributed by atoms with Crippen LogP contribution < -0.4 is 10.5 Å². The van der Waals surface area contributed by atoms with E-state index >= 15 is 0 Å². The fourth-order valence-electron chi connectivity index (χ4n) is 2.23. The van der Waals surface area contributed by atoms with Gasteiger partial charge in [-0.1, -0.05) is 12.8 Å². The van der Waals surface area contributed by atoms with Crippen molar-refractivity contribution in [3.05, 3.63) is 33.9 Å². The molecule has 5 nitrogen and oxygen atoms in total. The molecule has 1 aromatic carbocycles. The summed E-state index contributed by atoms with van der Waals surface area (Å²) in [4.78, 5) is 9.58. The lowest BCUT2D eigenvalue weighted by molar-refractivity contribution is -0.385. The maximum absolute atomic E-state index is 13.6. The molecule has 0 spiro atoms. The molecule has 1 aliphatic carbocycles. The van der Waals surface area contributed by atoms with Crippen molar-refractivity contribution in [2.24, 2.45) is 5.73 Å². The molecule has 0 saturated heterocycles. The molecule has 2 N–H and O–H groups in total. The molecule has 0 atom stereocenters. The standard InChI is InChI=1S/C12H14F2N2O3/c13-9-5-8(16(17)18)6-10(14)11(9)19-7-12(15)3-1-2-4-12/h5-6H,1-4,7,15H2. The normalized spacial score (nSPS) is 17.4. The Morgan fingerprint density at radius 1 is 1.32 bits per heavy atom. The van der Waals surface area contributed by atoms with E-state index in [1.54, 1.807) is 0 Å². The summed E-state index contributed by atoms with van der Waals surface area (Å²) in [6, 6.07) is 1.27. The van der Waals surface area contributed by atoms with Gasteiger partial charge in [0.2, 0.25) is 0 Å². The lowest BCUT2D eigenvalue weighted by atomic mass is 10.0. The van der Waals surface area contributed by atoms with Gasteiger partial charge in [-0.2, -0.15) is 0 Å². The Morgan fingerprint density at radius 2 is 1.84 bits per heavy atom. The van der Waals surface area contributed by atoms with Gasteiger partial charge in [-0.3, -0.25) is 10.1 Å². The van der Waals surface area contributed by atoms with E-state index in [9.17, 15) is 18.9 Å². The Bertz CT molecular complexity index is 479. The van der Waals surface area contributed by atoms with Crippen LogP contribution >= 0.6 is 0 Å². The van der Waals surface area contributed by atoms with Gasteiger partial charge in [-0.25, -0.2) is 8.78 Å². The molecular formula is C12H14F2N2O3. The van der Waals surface area contributed by atoms with E-state index in [0.29, 0.717) is 12.1 Å². The van der Waals surface area contributed by atoms with Gasteiger partial charge in [0.1, 0.15) is 6.61 Å². The van der Waals surface area contributed by atoms with Crippen LogP contribution in [0.4, 0.5) is 14.5 Å². The second-order valence-corrected chi connectivity index (χ2v) is 4.85. The van der Waals surface area contributed by atoms with Crippen LogP contribution in [0.2, 0.25) is 0 Å². The zero-order valence-corrected chi connectivity index (χ0v) is 10.2. The number of nitro groups is 1. The number of nitrogens with zero attached hydrogens (tertiary/aromatic N) is 1. The number of nitrogens with two attached hydrogens (primary N) is 1. The van der Waals surface area contributed by atoms with Gasteiger partial charge in [0, 0.05) is 0 Å². The summed E-state index contributed by atoms with van der Waals surface area (Å²) >= 11 is 0. The van der Waals surface area contributed by atoms with E-state index < -0.39 is 33.5 Å². The number of ether oxygens (including phenoxy) is 1. The predicted octanol–water partition coefficient (Wildman–Crippen LogP) is 2.52. The zero-order chi connectivity index (χ0) is 14.0. The highest BCUT2D eigenvalue weighted by molar-refractivity contribution is 5.39. The number of nitro benzene ring substituents is 1. The average molecular weight is 272 g/mol. The molecule has 1 aliphatic rings. The van der Waals surface area contributed by atoms with E-state index in [-0.39, 0.29) is 6.61 Å². The van der Waals surface area contributed by atoms with Crippen LogP contribution in [-0.2, 0) is 0 Å². The molecule has 2 rings (SSSR count). The van der Waals surface area contributed by atoms with Crippen LogP contribution in [0.3, 0.4) is 0 Å². The van der Waals surface area contributed by atoms with Crippen LogP contribution in [0.1, 0.15) is 25.7 Å². The first-order valence-electron chi connectivity index (χ1n) is 5.96. The van der Waals surface area contributed by atoms with Crippen molar-refractivity contribution >= 4 is 5.69 Å². The van der Waals surface area contributed by atoms with E-state index in [0.717, 1.165) is 25.7 Å². The van der Waals surface area contributed by atoms with Gasteiger partial charge in [-0.15, -0.1) is 0 Å². The van der Waals surface area contributed by atoms with Crippen molar-refractivity contribution in [3.63, 3.8) is 0 Å². The Kier molecular flexibility index (Phi) is 3.66. The highest BCUT2D eigenvalue weighted by Crippen LogP contribution is 2.31. The number of hydrogen-bond acceptors (Lipinski definition) is 4. The largest absolute Gasteiger partial charge is 0.486 e. The molecule has 0 radical (unpaired) electrons. The third kappa shape index (κ3) is 2.98. The minimum absolute atomic E-state index is 0.00134. The summed E-state index contributed by atoms with van der Waals surface area (Å²) in [7, 11) is 0. The highest BCUT2D eigenvalue weighted by Gasteiger charge is 2.31. The Balaban J connectivity index is 2.14. The minimum atomic E-state index is -1.09. The molecule has 0 heterocycles. The molecule has 0 aliphatic heterocycles. The van der Waals surface area contributed by atoms with Gasteiger partial charge >= 0.3 is 0 Å². The fourth-order valence-corrected chi connectivity index (χ4v) is 2.23. The average Bonchev–Trinajstić information content (AvgIpc) is 2.75. The monoisotopic (exact) mass is 272 g/mol. The van der Waals surface area contributed by atoms with Crippen LogP contribution in [0.5, 0.6) is 5.75 Å². The quantitative estimate of drug-likeness (QED) is 0.674. The first-order chi connectivity index (χ1) is 8.91. The molecule has 1 fully saturated rings. The van der Waals surface area contributed by atoms with Crippen LogP contribution in [-0.4, -0.2) is 17.1 Å². The number of non-ortho nitro benzene ring substituents is 1. The molecular weight excluding hydrogens is 258 g/mol. The minimum Gasteiger partial charge on any atom is -0.486 e. The Labute approximate surface area is 108 Å². The number of rotatable bonds is 4. The summed E-state index contributed by atoms with van der Waals surface area (Å²) in [5, 5.41) is 10.4.